The van der Waals surface area contributed by atoms with Gasteiger partial charge in [0, 0.05) is 6.07 Å². The third-order valence-electron chi connectivity index (χ3n) is 4.63. The summed E-state index contributed by atoms with van der Waals surface area (Å²) in [6.07, 6.45) is 9.88. The van der Waals surface area contributed by atoms with Crippen LogP contribution in [0.3, 0.4) is 0 Å². The van der Waals surface area contributed by atoms with Gasteiger partial charge in [0.2, 0.25) is 0 Å². The van der Waals surface area contributed by atoms with E-state index in [-0.39, 0.29) is 24.3 Å². The van der Waals surface area contributed by atoms with Crippen molar-refractivity contribution in [1.29, 1.82) is 0 Å². The van der Waals surface area contributed by atoms with Crippen LogP contribution in [0, 0.1) is 10.1 Å². The predicted molar refractivity (Wildman–Crippen MR) is 111 cm³/mol. The quantitative estimate of drug-likeness (QED) is 0.157. The minimum atomic E-state index is -0.859. The molecule has 7 heteroatoms. The lowest BCUT2D eigenvalue weighted by Crippen LogP contribution is -2.17. The van der Waals surface area contributed by atoms with Crippen LogP contribution >= 0.6 is 0 Å². The summed E-state index contributed by atoms with van der Waals surface area (Å²) < 4.78 is 10.4. The maximum atomic E-state index is 12.5. The minimum Gasteiger partial charge on any atom is -0.462 e. The molecule has 7 nitrogen and oxygen atoms in total. The van der Waals surface area contributed by atoms with Gasteiger partial charge < -0.3 is 9.47 Å². The Hall–Kier alpha value is -2.44. The Morgan fingerprint density at radius 1 is 0.828 bits per heavy atom. The van der Waals surface area contributed by atoms with E-state index < -0.39 is 22.5 Å². The largest absolute Gasteiger partial charge is 0.462 e. The van der Waals surface area contributed by atoms with E-state index in [1.54, 1.807) is 0 Å². The van der Waals surface area contributed by atoms with Crippen LogP contribution in [-0.4, -0.2) is 30.1 Å². The summed E-state index contributed by atoms with van der Waals surface area (Å²) in [6.45, 7) is 4.62. The van der Waals surface area contributed by atoms with Crippen molar-refractivity contribution < 1.29 is 24.0 Å². The van der Waals surface area contributed by atoms with E-state index in [2.05, 4.69) is 13.8 Å². The fraction of sp³-hybridized carbons (Fsp3) is 0.636. The molecular formula is C22H33NO6. The first-order valence-corrected chi connectivity index (χ1v) is 10.6. The van der Waals surface area contributed by atoms with Crippen molar-refractivity contribution in [3.63, 3.8) is 0 Å². The van der Waals surface area contributed by atoms with Gasteiger partial charge in [-0.25, -0.2) is 9.59 Å². The second-order valence-corrected chi connectivity index (χ2v) is 7.06. The van der Waals surface area contributed by atoms with Crippen LogP contribution in [0.2, 0.25) is 0 Å². The number of ether oxygens (including phenoxy) is 2. The molecule has 1 aromatic carbocycles. The van der Waals surface area contributed by atoms with E-state index in [9.17, 15) is 19.7 Å². The highest BCUT2D eigenvalue weighted by Crippen LogP contribution is 2.24. The molecule has 0 aromatic heterocycles. The molecule has 0 bridgehead atoms. The fourth-order valence-corrected chi connectivity index (χ4v) is 2.97. The maximum Gasteiger partial charge on any atom is 0.346 e. The van der Waals surface area contributed by atoms with Crippen LogP contribution in [0.15, 0.2) is 18.2 Å². The van der Waals surface area contributed by atoms with Gasteiger partial charge in [-0.05, 0) is 18.9 Å². The Labute approximate surface area is 172 Å². The van der Waals surface area contributed by atoms with Crippen LogP contribution in [0.5, 0.6) is 0 Å². The summed E-state index contributed by atoms with van der Waals surface area (Å²) in [7, 11) is 0. The number of nitro groups is 1. The maximum absolute atomic E-state index is 12.5. The smallest absolute Gasteiger partial charge is 0.346 e. The molecule has 0 aliphatic rings. The van der Waals surface area contributed by atoms with Gasteiger partial charge in [-0.15, -0.1) is 0 Å². The molecule has 0 radical (unpaired) electrons. The Morgan fingerprint density at radius 3 is 1.86 bits per heavy atom. The molecule has 1 rings (SSSR count). The first kappa shape index (κ1) is 24.6. The molecule has 162 valence electrons. The van der Waals surface area contributed by atoms with E-state index in [0.717, 1.165) is 57.8 Å². The van der Waals surface area contributed by atoms with Crippen molar-refractivity contribution >= 4 is 17.6 Å². The zero-order valence-electron chi connectivity index (χ0n) is 17.6. The summed E-state index contributed by atoms with van der Waals surface area (Å²) >= 11 is 0. The zero-order chi connectivity index (χ0) is 21.5. The van der Waals surface area contributed by atoms with E-state index in [4.69, 9.17) is 9.47 Å². The number of nitrogens with zero attached hydrogens (tertiary/aromatic N) is 1. The summed E-state index contributed by atoms with van der Waals surface area (Å²) in [5, 5.41) is 11.4. The molecular weight excluding hydrogens is 374 g/mol. The summed E-state index contributed by atoms with van der Waals surface area (Å²) in [5.74, 6) is -1.60. The molecule has 0 unspecified atom stereocenters. The Bertz CT molecular complexity index is 659. The third-order valence-corrected chi connectivity index (χ3v) is 4.63. The second kappa shape index (κ2) is 14.5. The van der Waals surface area contributed by atoms with Crippen LogP contribution < -0.4 is 0 Å². The lowest BCUT2D eigenvalue weighted by molar-refractivity contribution is -0.385. The summed E-state index contributed by atoms with van der Waals surface area (Å²) in [4.78, 5) is 35.6. The predicted octanol–water partition coefficient (Wildman–Crippen LogP) is 5.85. The van der Waals surface area contributed by atoms with Crippen LogP contribution in [0.1, 0.15) is 98.8 Å². The number of benzene rings is 1. The molecule has 0 aliphatic carbocycles. The summed E-state index contributed by atoms with van der Waals surface area (Å²) in [5.41, 5.74) is -0.899. The Kier molecular flexibility index (Phi) is 12.3. The van der Waals surface area contributed by atoms with Crippen molar-refractivity contribution in [2.75, 3.05) is 13.2 Å². The number of carbonyl (C=O) groups excluding carboxylic acids is 2. The van der Waals surface area contributed by atoms with Crippen molar-refractivity contribution in [2.24, 2.45) is 0 Å². The van der Waals surface area contributed by atoms with Gasteiger partial charge in [0.25, 0.3) is 5.69 Å². The molecule has 0 saturated heterocycles. The highest BCUT2D eigenvalue weighted by Gasteiger charge is 2.29. The van der Waals surface area contributed by atoms with Crippen molar-refractivity contribution in [2.45, 2.75) is 78.1 Å². The van der Waals surface area contributed by atoms with E-state index >= 15 is 0 Å². The monoisotopic (exact) mass is 407 g/mol. The van der Waals surface area contributed by atoms with Crippen molar-refractivity contribution in [1.82, 2.24) is 0 Å². The second-order valence-electron chi connectivity index (χ2n) is 7.06. The number of hydrogen-bond donors (Lipinski definition) is 0. The Morgan fingerprint density at radius 2 is 1.34 bits per heavy atom. The van der Waals surface area contributed by atoms with Crippen LogP contribution in [-0.2, 0) is 9.47 Å². The molecule has 0 amide bonds. The van der Waals surface area contributed by atoms with Crippen LogP contribution in [0.4, 0.5) is 5.69 Å². The number of carbonyl (C=O) groups is 2. The Balaban J connectivity index is 2.74. The first-order valence-electron chi connectivity index (χ1n) is 10.6. The molecule has 0 aliphatic heterocycles. The highest BCUT2D eigenvalue weighted by molar-refractivity contribution is 6.06. The van der Waals surface area contributed by atoms with Crippen LogP contribution in [0.25, 0.3) is 0 Å². The van der Waals surface area contributed by atoms with E-state index in [1.807, 2.05) is 0 Å². The topological polar surface area (TPSA) is 95.7 Å². The van der Waals surface area contributed by atoms with Gasteiger partial charge in [0.1, 0.15) is 0 Å². The van der Waals surface area contributed by atoms with Crippen molar-refractivity contribution in [3.8, 4) is 0 Å². The molecule has 1 aromatic rings. The number of nitro benzene ring substituents is 1. The molecule has 0 fully saturated rings. The normalized spacial score (nSPS) is 10.6. The molecule has 0 spiro atoms. The van der Waals surface area contributed by atoms with E-state index in [0.29, 0.717) is 6.42 Å². The van der Waals surface area contributed by atoms with Gasteiger partial charge in [-0.3, -0.25) is 10.1 Å². The van der Waals surface area contributed by atoms with E-state index in [1.165, 1.54) is 18.2 Å². The molecule has 0 heterocycles. The molecule has 0 atom stereocenters. The van der Waals surface area contributed by atoms with Gasteiger partial charge in [0.05, 0.1) is 23.7 Å². The number of unbranched alkanes of at least 4 members (excludes halogenated alkanes) is 8. The van der Waals surface area contributed by atoms with Gasteiger partial charge in [0.15, 0.2) is 5.56 Å². The zero-order valence-corrected chi connectivity index (χ0v) is 17.6. The molecule has 29 heavy (non-hydrogen) atoms. The van der Waals surface area contributed by atoms with Gasteiger partial charge in [-0.2, -0.15) is 0 Å². The fourth-order valence-electron chi connectivity index (χ4n) is 2.97. The lowest BCUT2D eigenvalue weighted by atomic mass is 10.1. The van der Waals surface area contributed by atoms with Gasteiger partial charge in [-0.1, -0.05) is 71.3 Å². The standard InChI is InChI=1S/C22H33NO6/c1-3-5-7-9-11-16-28-21(24)18-14-13-15-19(23(26)27)20(18)22(25)29-17-12-10-8-6-4-2/h13-15H,3-12,16-17H2,1-2H3. The minimum absolute atomic E-state index is 0.122. The van der Waals surface area contributed by atoms with Gasteiger partial charge >= 0.3 is 11.9 Å². The lowest BCUT2D eigenvalue weighted by Gasteiger charge is -2.10. The number of esters is 2. The SMILES string of the molecule is CCCCCCCOC(=O)c1cccc([N+](=O)[O-])c1C(=O)OCCCCCCC. The summed E-state index contributed by atoms with van der Waals surface area (Å²) in [6, 6.07) is 3.93. The highest BCUT2D eigenvalue weighted by atomic mass is 16.6. The molecule has 0 saturated carbocycles. The number of rotatable bonds is 15. The third kappa shape index (κ3) is 9.07. The first-order chi connectivity index (χ1) is 14.0. The van der Waals surface area contributed by atoms with Crippen molar-refractivity contribution in [3.05, 3.63) is 39.4 Å². The molecule has 0 N–H and O–H groups in total. The number of hydrogen-bond acceptors (Lipinski definition) is 6. The average Bonchev–Trinajstić information content (AvgIpc) is 2.72. The average molecular weight is 408 g/mol.